The van der Waals surface area contributed by atoms with Gasteiger partial charge in [0.2, 0.25) is 0 Å². The number of carbonyl (C=O) groups is 1. The molecule has 130 valence electrons. The fourth-order valence-electron chi connectivity index (χ4n) is 2.15. The van der Waals surface area contributed by atoms with E-state index in [-0.39, 0.29) is 20.6 Å². The summed E-state index contributed by atoms with van der Waals surface area (Å²) in [6.07, 6.45) is 1.32. The van der Waals surface area contributed by atoms with Gasteiger partial charge >= 0.3 is 0 Å². The van der Waals surface area contributed by atoms with Crippen LogP contribution in [0.1, 0.15) is 27.8 Å². The van der Waals surface area contributed by atoms with Crippen molar-refractivity contribution in [2.45, 2.75) is 6.04 Å². The Morgan fingerprint density at radius 3 is 2.76 bits per heavy atom. The third kappa shape index (κ3) is 3.60. The standard InChI is InChI=1S/C15H10Cl2FN3O3S/c1-23-7-2-3-8(9(18)6-7)12(10-4-5-24-20-10)19-15(22)13-11(16)14(17)25-21-13/h2-6,12H,1H3,(H,19,22). The molecular weight excluding hydrogens is 392 g/mol. The van der Waals surface area contributed by atoms with E-state index in [0.29, 0.717) is 11.4 Å². The lowest BCUT2D eigenvalue weighted by atomic mass is 10.0. The summed E-state index contributed by atoms with van der Waals surface area (Å²) in [6.45, 7) is 0. The first kappa shape index (κ1) is 17.7. The first-order valence-corrected chi connectivity index (χ1v) is 8.39. The molecule has 0 radical (unpaired) electrons. The molecule has 2 aromatic heterocycles. The Morgan fingerprint density at radius 2 is 2.20 bits per heavy atom. The van der Waals surface area contributed by atoms with Crippen molar-refractivity contribution >= 4 is 40.6 Å². The molecule has 1 amide bonds. The molecule has 25 heavy (non-hydrogen) atoms. The van der Waals surface area contributed by atoms with E-state index < -0.39 is 17.8 Å². The summed E-state index contributed by atoms with van der Waals surface area (Å²) in [5.41, 5.74) is 0.453. The number of amides is 1. The van der Waals surface area contributed by atoms with Crippen LogP contribution in [0.15, 0.2) is 35.1 Å². The lowest BCUT2D eigenvalue weighted by molar-refractivity contribution is 0.0937. The lowest BCUT2D eigenvalue weighted by Gasteiger charge is -2.17. The molecule has 1 N–H and O–H groups in total. The van der Waals surface area contributed by atoms with E-state index in [1.165, 1.54) is 31.6 Å². The third-order valence-corrected chi connectivity index (χ3v) is 4.97. The molecule has 0 spiro atoms. The van der Waals surface area contributed by atoms with E-state index in [1.54, 1.807) is 6.07 Å². The molecule has 3 aromatic rings. The van der Waals surface area contributed by atoms with Gasteiger partial charge in [-0.05, 0) is 23.7 Å². The number of rotatable bonds is 5. The number of ether oxygens (including phenoxy) is 1. The van der Waals surface area contributed by atoms with E-state index in [2.05, 4.69) is 14.8 Å². The van der Waals surface area contributed by atoms with Gasteiger partial charge in [-0.2, -0.15) is 4.37 Å². The zero-order chi connectivity index (χ0) is 18.0. The molecule has 10 heteroatoms. The van der Waals surface area contributed by atoms with E-state index >= 15 is 0 Å². The minimum Gasteiger partial charge on any atom is -0.497 e. The molecule has 0 aliphatic carbocycles. The van der Waals surface area contributed by atoms with Crippen molar-refractivity contribution in [1.29, 1.82) is 0 Å². The average Bonchev–Trinajstić information content (AvgIpc) is 3.24. The summed E-state index contributed by atoms with van der Waals surface area (Å²) in [5, 5.41) is 6.47. The SMILES string of the molecule is COc1ccc(C(NC(=O)c2nsc(Cl)c2Cl)c2ccon2)c(F)c1. The molecule has 1 unspecified atom stereocenters. The Morgan fingerprint density at radius 1 is 1.40 bits per heavy atom. The molecule has 0 fully saturated rings. The van der Waals surface area contributed by atoms with Gasteiger partial charge in [-0.15, -0.1) is 0 Å². The third-order valence-electron chi connectivity index (χ3n) is 3.36. The van der Waals surface area contributed by atoms with Gasteiger partial charge in [-0.3, -0.25) is 4.79 Å². The molecule has 0 saturated heterocycles. The zero-order valence-corrected chi connectivity index (χ0v) is 15.0. The van der Waals surface area contributed by atoms with Gasteiger partial charge in [0.15, 0.2) is 5.69 Å². The first-order valence-electron chi connectivity index (χ1n) is 6.86. The second kappa shape index (κ2) is 7.38. The molecule has 0 saturated carbocycles. The van der Waals surface area contributed by atoms with Gasteiger partial charge in [-0.25, -0.2) is 4.39 Å². The minimum absolute atomic E-state index is 0.0401. The zero-order valence-electron chi connectivity index (χ0n) is 12.6. The fourth-order valence-corrected chi connectivity index (χ4v) is 3.15. The number of hydrogen-bond donors (Lipinski definition) is 1. The Bertz CT molecular complexity index is 902. The summed E-state index contributed by atoms with van der Waals surface area (Å²) >= 11 is 12.7. The van der Waals surface area contributed by atoms with Crippen molar-refractivity contribution in [3.8, 4) is 5.75 Å². The summed E-state index contributed by atoms with van der Waals surface area (Å²) in [6, 6.07) is 4.88. The average molecular weight is 402 g/mol. The van der Waals surface area contributed by atoms with E-state index in [0.717, 1.165) is 11.5 Å². The van der Waals surface area contributed by atoms with Gasteiger partial charge in [0.25, 0.3) is 5.91 Å². The topological polar surface area (TPSA) is 77.2 Å². The van der Waals surface area contributed by atoms with E-state index in [1.807, 2.05) is 0 Å². The number of nitrogens with one attached hydrogen (secondary N) is 1. The summed E-state index contributed by atoms with van der Waals surface area (Å²) < 4.78 is 28.4. The molecule has 6 nitrogen and oxygen atoms in total. The summed E-state index contributed by atoms with van der Waals surface area (Å²) in [7, 11) is 1.43. The molecule has 0 aliphatic heterocycles. The van der Waals surface area contributed by atoms with Crippen molar-refractivity contribution in [3.05, 3.63) is 62.7 Å². The van der Waals surface area contributed by atoms with Crippen LogP contribution >= 0.6 is 34.7 Å². The van der Waals surface area contributed by atoms with Crippen LogP contribution in [-0.4, -0.2) is 22.5 Å². The van der Waals surface area contributed by atoms with Gasteiger partial charge < -0.3 is 14.6 Å². The highest BCUT2D eigenvalue weighted by Gasteiger charge is 2.26. The van der Waals surface area contributed by atoms with Crippen LogP contribution in [0.2, 0.25) is 9.36 Å². The van der Waals surface area contributed by atoms with E-state index in [4.69, 9.17) is 32.5 Å². The second-order valence-electron chi connectivity index (χ2n) is 4.84. The maximum atomic E-state index is 14.5. The molecule has 3 rings (SSSR count). The fraction of sp³-hybridized carbons (Fsp3) is 0.133. The van der Waals surface area contributed by atoms with Crippen LogP contribution in [0, 0.1) is 5.82 Å². The largest absolute Gasteiger partial charge is 0.497 e. The quantitative estimate of drug-likeness (QED) is 0.695. The number of benzene rings is 1. The summed E-state index contributed by atoms with van der Waals surface area (Å²) in [5.74, 6) is -0.841. The van der Waals surface area contributed by atoms with Crippen LogP contribution in [0.25, 0.3) is 0 Å². The predicted molar refractivity (Wildman–Crippen MR) is 90.9 cm³/mol. The molecule has 1 atom stereocenters. The highest BCUT2D eigenvalue weighted by atomic mass is 35.5. The number of methoxy groups -OCH3 is 1. The monoisotopic (exact) mass is 401 g/mol. The van der Waals surface area contributed by atoms with Gasteiger partial charge in [0, 0.05) is 17.7 Å². The van der Waals surface area contributed by atoms with Gasteiger partial charge in [0.05, 0.1) is 7.11 Å². The molecule has 0 bridgehead atoms. The predicted octanol–water partition coefficient (Wildman–Crippen LogP) is 4.11. The first-order chi connectivity index (χ1) is 12.0. The Labute approximate surface area is 155 Å². The van der Waals surface area contributed by atoms with Crippen LogP contribution < -0.4 is 10.1 Å². The maximum absolute atomic E-state index is 14.5. The molecular formula is C15H10Cl2FN3O3S. The Hall–Kier alpha value is -2.16. The number of hydrogen-bond acceptors (Lipinski definition) is 6. The number of nitrogens with zero attached hydrogens (tertiary/aromatic N) is 2. The van der Waals surface area contributed by atoms with Crippen molar-refractivity contribution < 1.29 is 18.4 Å². The smallest absolute Gasteiger partial charge is 0.273 e. The van der Waals surface area contributed by atoms with Crippen molar-refractivity contribution in [3.63, 3.8) is 0 Å². The van der Waals surface area contributed by atoms with Crippen LogP contribution in [0.5, 0.6) is 5.75 Å². The highest BCUT2D eigenvalue weighted by molar-refractivity contribution is 7.11. The summed E-state index contributed by atoms with van der Waals surface area (Å²) in [4.78, 5) is 12.5. The Kier molecular flexibility index (Phi) is 5.22. The lowest BCUT2D eigenvalue weighted by Crippen LogP contribution is -2.30. The van der Waals surface area contributed by atoms with Crippen LogP contribution in [0.3, 0.4) is 0 Å². The van der Waals surface area contributed by atoms with Crippen LogP contribution in [0.4, 0.5) is 4.39 Å². The van der Waals surface area contributed by atoms with Gasteiger partial charge in [0.1, 0.15) is 38.9 Å². The number of carbonyl (C=O) groups excluding carboxylic acids is 1. The van der Waals surface area contributed by atoms with Gasteiger partial charge in [-0.1, -0.05) is 28.4 Å². The Balaban J connectivity index is 1.96. The van der Waals surface area contributed by atoms with E-state index in [9.17, 15) is 9.18 Å². The normalized spacial score (nSPS) is 12.0. The van der Waals surface area contributed by atoms with Crippen LogP contribution in [-0.2, 0) is 0 Å². The van der Waals surface area contributed by atoms with Crippen molar-refractivity contribution in [2.24, 2.45) is 0 Å². The molecule has 0 aliphatic rings. The maximum Gasteiger partial charge on any atom is 0.273 e. The van der Waals surface area contributed by atoms with Crippen molar-refractivity contribution in [1.82, 2.24) is 14.8 Å². The second-order valence-corrected chi connectivity index (χ2v) is 6.59. The highest BCUT2D eigenvalue weighted by Crippen LogP contribution is 2.31. The molecule has 2 heterocycles. The number of aromatic nitrogens is 2. The van der Waals surface area contributed by atoms with Crippen molar-refractivity contribution in [2.75, 3.05) is 7.11 Å². The minimum atomic E-state index is -0.909. The molecule has 1 aromatic carbocycles. The number of halogens is 3.